The molecule has 2 saturated heterocycles. The van der Waals surface area contributed by atoms with Crippen molar-refractivity contribution in [1.82, 2.24) is 30.0 Å². The Balaban J connectivity index is 1.59. The number of ether oxygens (including phenoxy) is 1. The number of hydrogen-bond acceptors (Lipinski definition) is 6. The fraction of sp³-hybridized carbons (Fsp3) is 0.684. The van der Waals surface area contributed by atoms with Gasteiger partial charge < -0.3 is 9.64 Å². The molecule has 0 atom stereocenters. The van der Waals surface area contributed by atoms with E-state index in [-0.39, 0.29) is 11.4 Å². The Morgan fingerprint density at radius 3 is 2.63 bits per heavy atom. The summed E-state index contributed by atoms with van der Waals surface area (Å²) >= 11 is 0. The van der Waals surface area contributed by atoms with E-state index >= 15 is 0 Å². The van der Waals surface area contributed by atoms with Crippen LogP contribution in [0.4, 0.5) is 0 Å². The van der Waals surface area contributed by atoms with Crippen LogP contribution in [-0.4, -0.2) is 74.3 Å². The summed E-state index contributed by atoms with van der Waals surface area (Å²) in [6, 6.07) is 0. The third-order valence-corrected chi connectivity index (χ3v) is 5.56. The van der Waals surface area contributed by atoms with Crippen molar-refractivity contribution in [2.45, 2.75) is 50.7 Å². The molecule has 3 heterocycles. The zero-order chi connectivity index (χ0) is 19.1. The molecule has 0 spiro atoms. The highest BCUT2D eigenvalue weighted by molar-refractivity contribution is 5.77. The molecule has 8 heteroatoms. The van der Waals surface area contributed by atoms with E-state index in [0.717, 1.165) is 64.4 Å². The number of aromatic nitrogens is 4. The van der Waals surface area contributed by atoms with Crippen LogP contribution in [0.5, 0.6) is 0 Å². The fourth-order valence-corrected chi connectivity index (χ4v) is 4.18. The summed E-state index contributed by atoms with van der Waals surface area (Å²) in [6.45, 7) is 13.0. The predicted molar refractivity (Wildman–Crippen MR) is 102 cm³/mol. The number of amides is 1. The molecule has 0 N–H and O–H groups in total. The summed E-state index contributed by atoms with van der Waals surface area (Å²) in [5.41, 5.74) is -0.155. The van der Waals surface area contributed by atoms with Gasteiger partial charge in [0.25, 0.3) is 0 Å². The third kappa shape index (κ3) is 4.62. The van der Waals surface area contributed by atoms with Crippen molar-refractivity contribution in [3.8, 4) is 0 Å². The van der Waals surface area contributed by atoms with Crippen LogP contribution in [0.25, 0.3) is 0 Å². The minimum atomic E-state index is -0.155. The first-order valence-corrected chi connectivity index (χ1v) is 9.76. The molecule has 1 aromatic rings. The Labute approximate surface area is 160 Å². The van der Waals surface area contributed by atoms with Crippen LogP contribution in [-0.2, 0) is 22.6 Å². The Kier molecular flexibility index (Phi) is 6.73. The van der Waals surface area contributed by atoms with Gasteiger partial charge in [-0.3, -0.25) is 9.69 Å². The topological polar surface area (TPSA) is 76.4 Å². The molecule has 3 rings (SSSR count). The molecule has 0 radical (unpaired) electrons. The van der Waals surface area contributed by atoms with Crippen LogP contribution in [0.3, 0.4) is 0 Å². The largest absolute Gasteiger partial charge is 0.379 e. The predicted octanol–water partition coefficient (Wildman–Crippen LogP) is 1.41. The maximum Gasteiger partial charge on any atom is 0.224 e. The zero-order valence-corrected chi connectivity index (χ0v) is 16.1. The number of morpholine rings is 1. The molecule has 8 nitrogen and oxygen atoms in total. The Morgan fingerprint density at radius 1 is 1.19 bits per heavy atom. The number of carbonyl (C=O) groups excluding carboxylic acids is 1. The number of aryl methyl sites for hydroxylation is 1. The molecule has 2 fully saturated rings. The lowest BCUT2D eigenvalue weighted by Gasteiger charge is -2.37. The highest BCUT2D eigenvalue weighted by Gasteiger charge is 2.41. The average molecular weight is 374 g/mol. The maximum absolute atomic E-state index is 13.0. The molecule has 2 aliphatic rings. The van der Waals surface area contributed by atoms with Crippen LogP contribution >= 0.6 is 0 Å². The van der Waals surface area contributed by atoms with E-state index in [0.29, 0.717) is 19.5 Å². The molecular formula is C19H30N6O2. The van der Waals surface area contributed by atoms with E-state index in [9.17, 15) is 4.79 Å². The molecule has 1 aromatic heterocycles. The van der Waals surface area contributed by atoms with Crippen molar-refractivity contribution in [2.75, 3.05) is 32.8 Å². The van der Waals surface area contributed by atoms with Crippen LogP contribution < -0.4 is 0 Å². The average Bonchev–Trinajstić information content (AvgIpc) is 3.28. The van der Waals surface area contributed by atoms with Crippen LogP contribution in [0.2, 0.25) is 0 Å². The number of nitrogens with zero attached hydrogens (tertiary/aromatic N) is 6. The number of hydrogen-bond donors (Lipinski definition) is 0. The van der Waals surface area contributed by atoms with Crippen molar-refractivity contribution in [3.05, 3.63) is 31.1 Å². The molecule has 0 aromatic carbocycles. The lowest BCUT2D eigenvalue weighted by atomic mass is 9.88. The van der Waals surface area contributed by atoms with Gasteiger partial charge in [-0.1, -0.05) is 12.2 Å². The van der Waals surface area contributed by atoms with Crippen LogP contribution in [0, 0.1) is 0 Å². The van der Waals surface area contributed by atoms with Gasteiger partial charge in [-0.15, -0.1) is 18.3 Å². The minimum absolute atomic E-state index is 0.155. The fourth-order valence-electron chi connectivity index (χ4n) is 4.18. The highest BCUT2D eigenvalue weighted by Crippen LogP contribution is 2.36. The van der Waals surface area contributed by atoms with E-state index in [2.05, 4.69) is 33.6 Å². The number of tetrazole rings is 1. The monoisotopic (exact) mass is 374 g/mol. The van der Waals surface area contributed by atoms with Crippen molar-refractivity contribution in [3.63, 3.8) is 0 Å². The summed E-state index contributed by atoms with van der Waals surface area (Å²) in [5, 5.41) is 12.0. The van der Waals surface area contributed by atoms with Crippen molar-refractivity contribution in [1.29, 1.82) is 0 Å². The molecule has 2 aliphatic heterocycles. The first-order chi connectivity index (χ1) is 13.2. The van der Waals surface area contributed by atoms with E-state index in [1.54, 1.807) is 4.68 Å². The minimum Gasteiger partial charge on any atom is -0.379 e. The molecule has 148 valence electrons. The second kappa shape index (κ2) is 9.23. The molecule has 0 saturated carbocycles. The molecule has 0 aliphatic carbocycles. The second-order valence-electron chi connectivity index (χ2n) is 7.32. The van der Waals surface area contributed by atoms with Gasteiger partial charge in [0.2, 0.25) is 5.91 Å². The summed E-state index contributed by atoms with van der Waals surface area (Å²) in [6.07, 6.45) is 7.87. The van der Waals surface area contributed by atoms with Gasteiger partial charge in [-0.05, 0) is 36.1 Å². The first-order valence-electron chi connectivity index (χ1n) is 9.76. The summed E-state index contributed by atoms with van der Waals surface area (Å²) in [4.78, 5) is 17.3. The summed E-state index contributed by atoms with van der Waals surface area (Å²) in [5.74, 6) is 0.957. The van der Waals surface area contributed by atoms with Gasteiger partial charge in [-0.2, -0.15) is 0 Å². The van der Waals surface area contributed by atoms with Crippen molar-refractivity contribution < 1.29 is 9.53 Å². The molecule has 27 heavy (non-hydrogen) atoms. The lowest BCUT2D eigenvalue weighted by molar-refractivity contribution is -0.135. The van der Waals surface area contributed by atoms with E-state index in [4.69, 9.17) is 4.74 Å². The zero-order valence-electron chi connectivity index (χ0n) is 16.1. The van der Waals surface area contributed by atoms with Gasteiger partial charge in [0.05, 0.1) is 26.3 Å². The first kappa shape index (κ1) is 19.7. The van der Waals surface area contributed by atoms with Gasteiger partial charge in [0.1, 0.15) is 0 Å². The quantitative estimate of drug-likeness (QED) is 0.608. The molecular weight excluding hydrogens is 344 g/mol. The normalized spacial score (nSPS) is 19.9. The van der Waals surface area contributed by atoms with E-state index in [1.165, 1.54) is 0 Å². The van der Waals surface area contributed by atoms with Crippen molar-refractivity contribution >= 4 is 5.91 Å². The molecule has 1 amide bonds. The SMILES string of the molecule is C=CCC1(CC=C)CCCN1C(=O)CCn1nnnc1CN1CCOCC1. The van der Waals surface area contributed by atoms with Gasteiger partial charge >= 0.3 is 0 Å². The molecule has 0 unspecified atom stereocenters. The Bertz CT molecular complexity index is 642. The molecule has 0 bridgehead atoms. The van der Waals surface area contributed by atoms with Crippen molar-refractivity contribution in [2.24, 2.45) is 0 Å². The van der Waals surface area contributed by atoms with Crippen LogP contribution in [0.1, 0.15) is 37.9 Å². The maximum atomic E-state index is 13.0. The number of rotatable bonds is 9. The van der Waals surface area contributed by atoms with Gasteiger partial charge in [0, 0.05) is 31.6 Å². The van der Waals surface area contributed by atoms with Crippen LogP contribution in [0.15, 0.2) is 25.3 Å². The van der Waals surface area contributed by atoms with E-state index < -0.39 is 0 Å². The lowest BCUT2D eigenvalue weighted by Crippen LogP contribution is -2.47. The second-order valence-corrected chi connectivity index (χ2v) is 7.32. The highest BCUT2D eigenvalue weighted by atomic mass is 16.5. The Hall–Kier alpha value is -2.06. The summed E-state index contributed by atoms with van der Waals surface area (Å²) in [7, 11) is 0. The standard InChI is InChI=1S/C19H30N6O2/c1-3-7-19(8-4-2)9-5-10-24(19)18(26)6-11-25-17(20-21-22-25)16-23-12-14-27-15-13-23/h3-4H,1-2,5-16H2. The third-order valence-electron chi connectivity index (χ3n) is 5.56. The van der Waals surface area contributed by atoms with E-state index in [1.807, 2.05) is 17.1 Å². The number of carbonyl (C=O) groups is 1. The Morgan fingerprint density at radius 2 is 1.93 bits per heavy atom. The number of likely N-dealkylation sites (tertiary alicyclic amines) is 1. The van der Waals surface area contributed by atoms with Gasteiger partial charge in [0.15, 0.2) is 5.82 Å². The van der Waals surface area contributed by atoms with Gasteiger partial charge in [-0.25, -0.2) is 4.68 Å². The summed E-state index contributed by atoms with van der Waals surface area (Å²) < 4.78 is 7.14. The smallest absolute Gasteiger partial charge is 0.224 e.